The van der Waals surface area contributed by atoms with Gasteiger partial charge in [-0.1, -0.05) is 24.3 Å². The lowest BCUT2D eigenvalue weighted by atomic mass is 10.2. The molecule has 0 saturated heterocycles. The van der Waals surface area contributed by atoms with Crippen molar-refractivity contribution in [1.29, 1.82) is 0 Å². The predicted molar refractivity (Wildman–Crippen MR) is 114 cm³/mol. The van der Waals surface area contributed by atoms with Crippen LogP contribution in [0.25, 0.3) is 0 Å². The highest BCUT2D eigenvalue weighted by Crippen LogP contribution is 2.36. The molecule has 0 radical (unpaired) electrons. The fourth-order valence-corrected chi connectivity index (χ4v) is 4.49. The molecule has 0 aliphatic rings. The summed E-state index contributed by atoms with van der Waals surface area (Å²) >= 11 is 0. The SMILES string of the molecule is COc1c(NCC(=O)NCc2ccccn2)cc(C)cc1S(=O)(=O)c1ccccc1. The first-order chi connectivity index (χ1) is 14.4. The summed E-state index contributed by atoms with van der Waals surface area (Å²) in [4.78, 5) is 16.6. The number of anilines is 1. The van der Waals surface area contributed by atoms with Crippen LogP contribution >= 0.6 is 0 Å². The van der Waals surface area contributed by atoms with Gasteiger partial charge in [-0.3, -0.25) is 9.78 Å². The van der Waals surface area contributed by atoms with Gasteiger partial charge in [-0.25, -0.2) is 8.42 Å². The first-order valence-corrected chi connectivity index (χ1v) is 10.8. The average Bonchev–Trinajstić information content (AvgIpc) is 2.77. The van der Waals surface area contributed by atoms with E-state index in [4.69, 9.17) is 4.74 Å². The molecule has 7 nitrogen and oxygen atoms in total. The Hall–Kier alpha value is -3.39. The van der Waals surface area contributed by atoms with Gasteiger partial charge in [0.2, 0.25) is 15.7 Å². The molecule has 1 heterocycles. The van der Waals surface area contributed by atoms with E-state index in [0.717, 1.165) is 11.3 Å². The van der Waals surface area contributed by atoms with Gasteiger partial charge < -0.3 is 15.4 Å². The van der Waals surface area contributed by atoms with E-state index in [-0.39, 0.29) is 28.0 Å². The normalized spacial score (nSPS) is 11.0. The molecule has 0 atom stereocenters. The number of amides is 1. The molecule has 0 fully saturated rings. The summed E-state index contributed by atoms with van der Waals surface area (Å²) in [6.07, 6.45) is 1.66. The zero-order valence-corrected chi connectivity index (χ0v) is 17.6. The van der Waals surface area contributed by atoms with Crippen molar-refractivity contribution in [2.24, 2.45) is 0 Å². The lowest BCUT2D eigenvalue weighted by molar-refractivity contribution is -0.119. The molecule has 156 valence electrons. The van der Waals surface area contributed by atoms with E-state index in [2.05, 4.69) is 15.6 Å². The highest BCUT2D eigenvalue weighted by molar-refractivity contribution is 7.91. The lowest BCUT2D eigenvalue weighted by Crippen LogP contribution is -2.29. The summed E-state index contributed by atoms with van der Waals surface area (Å²) in [5, 5.41) is 5.75. The van der Waals surface area contributed by atoms with Gasteiger partial charge in [-0.15, -0.1) is 0 Å². The fourth-order valence-electron chi connectivity index (χ4n) is 2.94. The number of pyridine rings is 1. The number of nitrogens with zero attached hydrogens (tertiary/aromatic N) is 1. The molecule has 0 spiro atoms. The topological polar surface area (TPSA) is 97.4 Å². The number of ether oxygens (including phenoxy) is 1. The molecule has 0 aliphatic carbocycles. The Bertz CT molecular complexity index is 1120. The third-order valence-corrected chi connectivity index (χ3v) is 6.15. The van der Waals surface area contributed by atoms with Gasteiger partial charge in [0.1, 0.15) is 4.90 Å². The molecule has 30 heavy (non-hydrogen) atoms. The van der Waals surface area contributed by atoms with E-state index in [1.165, 1.54) is 19.2 Å². The molecule has 2 N–H and O–H groups in total. The van der Waals surface area contributed by atoms with Gasteiger partial charge in [0.05, 0.1) is 36.5 Å². The van der Waals surface area contributed by atoms with Gasteiger partial charge in [-0.2, -0.15) is 0 Å². The van der Waals surface area contributed by atoms with Crippen LogP contribution in [0.3, 0.4) is 0 Å². The second-order valence-electron chi connectivity index (χ2n) is 6.61. The van der Waals surface area contributed by atoms with Crippen molar-refractivity contribution in [1.82, 2.24) is 10.3 Å². The number of sulfone groups is 1. The summed E-state index contributed by atoms with van der Waals surface area (Å²) < 4.78 is 31.7. The van der Waals surface area contributed by atoms with E-state index in [0.29, 0.717) is 12.2 Å². The van der Waals surface area contributed by atoms with Crippen LogP contribution < -0.4 is 15.4 Å². The number of methoxy groups -OCH3 is 1. The predicted octanol–water partition coefficient (Wildman–Crippen LogP) is 2.96. The maximum absolute atomic E-state index is 13.1. The Morgan fingerprint density at radius 2 is 1.80 bits per heavy atom. The number of hydrogen-bond donors (Lipinski definition) is 2. The van der Waals surface area contributed by atoms with E-state index >= 15 is 0 Å². The van der Waals surface area contributed by atoms with E-state index in [9.17, 15) is 13.2 Å². The van der Waals surface area contributed by atoms with Crippen molar-refractivity contribution in [2.45, 2.75) is 23.3 Å². The molecular formula is C22H23N3O4S. The Morgan fingerprint density at radius 3 is 2.47 bits per heavy atom. The first kappa shape index (κ1) is 21.3. The first-order valence-electron chi connectivity index (χ1n) is 9.31. The average molecular weight is 426 g/mol. The standard InChI is InChI=1S/C22H23N3O4S/c1-16-12-19(24-15-21(26)25-14-17-8-6-7-11-23-17)22(29-2)20(13-16)30(27,28)18-9-4-3-5-10-18/h3-13,24H,14-15H2,1-2H3,(H,25,26). The van der Waals surface area contributed by atoms with E-state index in [1.807, 2.05) is 12.1 Å². The monoisotopic (exact) mass is 425 g/mol. The van der Waals surface area contributed by atoms with Crippen LogP contribution in [0, 0.1) is 6.92 Å². The number of rotatable bonds is 8. The Labute approximate surface area is 176 Å². The van der Waals surface area contributed by atoms with Gasteiger partial charge in [0.15, 0.2) is 5.75 Å². The molecule has 0 aliphatic heterocycles. The van der Waals surface area contributed by atoms with Crippen molar-refractivity contribution in [2.75, 3.05) is 19.0 Å². The molecule has 1 aromatic heterocycles. The van der Waals surface area contributed by atoms with Crippen LogP contribution in [0.15, 0.2) is 76.7 Å². The minimum absolute atomic E-state index is 0.0442. The fraction of sp³-hybridized carbons (Fsp3) is 0.182. The van der Waals surface area contributed by atoms with Crippen molar-refractivity contribution < 1.29 is 17.9 Å². The molecule has 0 saturated carbocycles. The van der Waals surface area contributed by atoms with Gasteiger partial charge >= 0.3 is 0 Å². The second-order valence-corrected chi connectivity index (χ2v) is 8.53. The minimum atomic E-state index is -3.79. The zero-order chi connectivity index (χ0) is 21.6. The summed E-state index contributed by atoms with van der Waals surface area (Å²) in [5.74, 6) is -0.0846. The number of aromatic nitrogens is 1. The molecule has 3 rings (SSSR count). The van der Waals surface area contributed by atoms with Gasteiger partial charge in [-0.05, 0) is 48.9 Å². The van der Waals surface area contributed by atoms with Crippen molar-refractivity contribution >= 4 is 21.4 Å². The quantitative estimate of drug-likeness (QED) is 0.576. The Morgan fingerprint density at radius 1 is 1.07 bits per heavy atom. The zero-order valence-electron chi connectivity index (χ0n) is 16.8. The third-order valence-electron chi connectivity index (χ3n) is 4.38. The summed E-state index contributed by atoms with van der Waals surface area (Å²) in [6, 6.07) is 16.9. The molecular weight excluding hydrogens is 402 g/mol. The largest absolute Gasteiger partial charge is 0.493 e. The molecule has 1 amide bonds. The Kier molecular flexibility index (Phi) is 6.68. The van der Waals surface area contributed by atoms with Crippen LogP contribution in [0.4, 0.5) is 5.69 Å². The van der Waals surface area contributed by atoms with Crippen LogP contribution in [-0.4, -0.2) is 33.0 Å². The third kappa shape index (κ3) is 4.96. The molecule has 0 unspecified atom stereocenters. The van der Waals surface area contributed by atoms with Gasteiger partial charge in [0, 0.05) is 6.20 Å². The number of hydrogen-bond acceptors (Lipinski definition) is 6. The lowest BCUT2D eigenvalue weighted by Gasteiger charge is -2.16. The van der Waals surface area contributed by atoms with Crippen LogP contribution in [0.1, 0.15) is 11.3 Å². The van der Waals surface area contributed by atoms with E-state index in [1.54, 1.807) is 49.5 Å². The number of carbonyl (C=O) groups excluding carboxylic acids is 1. The maximum Gasteiger partial charge on any atom is 0.239 e. The molecule has 0 bridgehead atoms. The minimum Gasteiger partial charge on any atom is -0.493 e. The highest BCUT2D eigenvalue weighted by atomic mass is 32.2. The Balaban J connectivity index is 1.79. The number of nitrogens with one attached hydrogen (secondary N) is 2. The van der Waals surface area contributed by atoms with Crippen LogP contribution in [0.5, 0.6) is 5.75 Å². The van der Waals surface area contributed by atoms with Gasteiger partial charge in [0.25, 0.3) is 0 Å². The molecule has 3 aromatic rings. The van der Waals surface area contributed by atoms with Crippen molar-refractivity contribution in [3.63, 3.8) is 0 Å². The van der Waals surface area contributed by atoms with Crippen molar-refractivity contribution in [3.8, 4) is 5.75 Å². The highest BCUT2D eigenvalue weighted by Gasteiger charge is 2.25. The summed E-state index contributed by atoms with van der Waals surface area (Å²) in [6.45, 7) is 2.05. The van der Waals surface area contributed by atoms with Crippen LogP contribution in [-0.2, 0) is 21.2 Å². The molecule has 2 aromatic carbocycles. The number of benzene rings is 2. The smallest absolute Gasteiger partial charge is 0.239 e. The van der Waals surface area contributed by atoms with E-state index < -0.39 is 9.84 Å². The molecule has 8 heteroatoms. The van der Waals surface area contributed by atoms with Crippen LogP contribution in [0.2, 0.25) is 0 Å². The van der Waals surface area contributed by atoms with Crippen molar-refractivity contribution in [3.05, 3.63) is 78.1 Å². The number of carbonyl (C=O) groups is 1. The second kappa shape index (κ2) is 9.41. The summed E-state index contributed by atoms with van der Waals surface area (Å²) in [5.41, 5.74) is 1.90. The number of aryl methyl sites for hydroxylation is 1. The summed E-state index contributed by atoms with van der Waals surface area (Å²) in [7, 11) is -2.38. The maximum atomic E-state index is 13.1.